The average molecular weight is 234 g/mol. The Morgan fingerprint density at radius 3 is 2.41 bits per heavy atom. The molecule has 3 saturated carbocycles. The lowest BCUT2D eigenvalue weighted by molar-refractivity contribution is -0.128. The number of carbonyl (C=O) groups is 1. The predicted octanol–water partition coefficient (Wildman–Crippen LogP) is 4.21. The van der Waals surface area contributed by atoms with Crippen molar-refractivity contribution in [3.05, 3.63) is 0 Å². The van der Waals surface area contributed by atoms with E-state index in [9.17, 15) is 4.79 Å². The molecule has 0 heterocycles. The number of rotatable bonds is 1. The van der Waals surface area contributed by atoms with E-state index in [0.29, 0.717) is 28.4 Å². The molecule has 0 aromatic rings. The molecule has 3 aliphatic carbocycles. The molecule has 2 bridgehead atoms. The zero-order chi connectivity index (χ0) is 12.3. The Kier molecular flexibility index (Phi) is 2.48. The highest BCUT2D eigenvalue weighted by molar-refractivity contribution is 5.82. The first-order valence-electron chi connectivity index (χ1n) is 7.49. The summed E-state index contributed by atoms with van der Waals surface area (Å²) in [5.74, 6) is 2.58. The fraction of sp³-hybridized carbons (Fsp3) is 0.938. The lowest BCUT2D eigenvalue weighted by Crippen LogP contribution is -2.39. The molecule has 4 atom stereocenters. The van der Waals surface area contributed by atoms with E-state index in [-0.39, 0.29) is 0 Å². The van der Waals surface area contributed by atoms with Gasteiger partial charge in [0.1, 0.15) is 5.78 Å². The molecule has 96 valence electrons. The van der Waals surface area contributed by atoms with Crippen molar-refractivity contribution in [3.63, 3.8) is 0 Å². The summed E-state index contributed by atoms with van der Waals surface area (Å²) < 4.78 is 0. The van der Waals surface area contributed by atoms with Crippen LogP contribution in [0.4, 0.5) is 0 Å². The molecule has 0 aromatic heterocycles. The van der Waals surface area contributed by atoms with Gasteiger partial charge in [0.2, 0.25) is 0 Å². The topological polar surface area (TPSA) is 17.1 Å². The van der Waals surface area contributed by atoms with E-state index in [1.54, 1.807) is 0 Å². The van der Waals surface area contributed by atoms with Crippen molar-refractivity contribution in [2.45, 2.75) is 65.7 Å². The number of hydrogen-bond acceptors (Lipinski definition) is 1. The van der Waals surface area contributed by atoms with Crippen molar-refractivity contribution in [3.8, 4) is 0 Å². The van der Waals surface area contributed by atoms with Gasteiger partial charge >= 0.3 is 0 Å². The molecule has 1 nitrogen and oxygen atoms in total. The maximum absolute atomic E-state index is 12.2. The first-order valence-corrected chi connectivity index (χ1v) is 7.49. The normalized spacial score (nSPS) is 48.6. The Morgan fingerprint density at radius 2 is 1.88 bits per heavy atom. The molecular formula is C16H26O. The molecule has 3 aliphatic rings. The average Bonchev–Trinajstić information content (AvgIpc) is 2.62. The van der Waals surface area contributed by atoms with E-state index < -0.39 is 0 Å². The largest absolute Gasteiger partial charge is 0.299 e. The highest BCUT2D eigenvalue weighted by Crippen LogP contribution is 2.70. The molecule has 3 fully saturated rings. The summed E-state index contributed by atoms with van der Waals surface area (Å²) in [5.41, 5.74) is 0.907. The van der Waals surface area contributed by atoms with Gasteiger partial charge < -0.3 is 0 Å². The highest BCUT2D eigenvalue weighted by Gasteiger charge is 2.63. The summed E-state index contributed by atoms with van der Waals surface area (Å²) in [6.07, 6.45) is 8.57. The van der Waals surface area contributed by atoms with Crippen LogP contribution in [0.3, 0.4) is 0 Å². The van der Waals surface area contributed by atoms with Crippen molar-refractivity contribution < 1.29 is 4.79 Å². The number of carbonyl (C=O) groups excluding carboxylic acids is 1. The van der Waals surface area contributed by atoms with Gasteiger partial charge in [-0.2, -0.15) is 0 Å². The summed E-state index contributed by atoms with van der Waals surface area (Å²) in [5, 5.41) is 0. The lowest BCUT2D eigenvalue weighted by Gasteiger charge is -2.43. The second kappa shape index (κ2) is 3.59. The number of fused-ring (bicyclic) bond motifs is 2. The zero-order valence-corrected chi connectivity index (χ0v) is 11.6. The highest BCUT2D eigenvalue weighted by atomic mass is 16.1. The van der Waals surface area contributed by atoms with Crippen LogP contribution in [0.15, 0.2) is 0 Å². The molecule has 0 radical (unpaired) electrons. The van der Waals surface area contributed by atoms with Gasteiger partial charge in [-0.05, 0) is 54.8 Å². The summed E-state index contributed by atoms with van der Waals surface area (Å²) in [4.78, 5) is 12.2. The van der Waals surface area contributed by atoms with Crippen LogP contribution in [-0.2, 0) is 4.79 Å². The van der Waals surface area contributed by atoms with Crippen LogP contribution in [0.25, 0.3) is 0 Å². The van der Waals surface area contributed by atoms with Gasteiger partial charge in [-0.3, -0.25) is 4.79 Å². The second-order valence-corrected chi connectivity index (χ2v) is 7.54. The van der Waals surface area contributed by atoms with E-state index in [0.717, 1.165) is 18.8 Å². The van der Waals surface area contributed by atoms with Crippen LogP contribution in [0.1, 0.15) is 65.7 Å². The Morgan fingerprint density at radius 1 is 1.12 bits per heavy atom. The maximum Gasteiger partial charge on any atom is 0.136 e. The minimum atomic E-state index is 0.415. The number of ketones is 1. The van der Waals surface area contributed by atoms with E-state index >= 15 is 0 Å². The molecular weight excluding hydrogens is 208 g/mol. The number of Topliss-reactive ketones (excluding diaryl/α,β-unsaturated/α-hetero) is 1. The zero-order valence-electron chi connectivity index (χ0n) is 11.6. The third-order valence-electron chi connectivity index (χ3n) is 6.95. The van der Waals surface area contributed by atoms with Crippen molar-refractivity contribution in [2.75, 3.05) is 0 Å². The summed E-state index contributed by atoms with van der Waals surface area (Å²) in [6, 6.07) is 0. The molecule has 17 heavy (non-hydrogen) atoms. The van der Waals surface area contributed by atoms with Crippen LogP contribution in [0.2, 0.25) is 0 Å². The first-order chi connectivity index (χ1) is 7.97. The Hall–Kier alpha value is -0.330. The Balaban J connectivity index is 1.88. The van der Waals surface area contributed by atoms with Gasteiger partial charge in [-0.1, -0.05) is 27.2 Å². The van der Waals surface area contributed by atoms with Crippen molar-refractivity contribution in [2.24, 2.45) is 28.6 Å². The van der Waals surface area contributed by atoms with Crippen molar-refractivity contribution in [1.82, 2.24) is 0 Å². The molecule has 0 spiro atoms. The minimum Gasteiger partial charge on any atom is -0.299 e. The van der Waals surface area contributed by atoms with Gasteiger partial charge in [0, 0.05) is 12.3 Å². The quantitative estimate of drug-likeness (QED) is 0.664. The second-order valence-electron chi connectivity index (χ2n) is 7.54. The first kappa shape index (κ1) is 11.7. The van der Waals surface area contributed by atoms with Crippen LogP contribution in [0.5, 0.6) is 0 Å². The smallest absolute Gasteiger partial charge is 0.136 e. The lowest BCUT2D eigenvalue weighted by atomic mass is 9.61. The van der Waals surface area contributed by atoms with E-state index in [4.69, 9.17) is 0 Å². The fourth-order valence-corrected chi connectivity index (χ4v) is 5.31. The van der Waals surface area contributed by atoms with Gasteiger partial charge in [-0.15, -0.1) is 0 Å². The Labute approximate surface area is 105 Å². The molecule has 0 unspecified atom stereocenters. The SMILES string of the molecule is CC1(C)[C@@H]2CC[C@]1(C)[C@H]([C@@H]1CCCCC1=O)C2. The van der Waals surface area contributed by atoms with E-state index in [1.165, 1.54) is 32.1 Å². The molecule has 0 aromatic carbocycles. The number of hydrogen-bond donors (Lipinski definition) is 0. The standard InChI is InChI=1S/C16H26O/c1-15(2)11-8-9-16(15,3)13(10-11)12-6-4-5-7-14(12)17/h11-13H,4-10H2,1-3H3/t11-,12+,13+,16-/m1/s1. The summed E-state index contributed by atoms with van der Waals surface area (Å²) in [6.45, 7) is 7.39. The van der Waals surface area contributed by atoms with Crippen LogP contribution in [-0.4, -0.2) is 5.78 Å². The molecule has 0 amide bonds. The molecule has 3 rings (SSSR count). The van der Waals surface area contributed by atoms with E-state index in [1.807, 2.05) is 0 Å². The van der Waals surface area contributed by atoms with Crippen LogP contribution in [0, 0.1) is 28.6 Å². The molecule has 1 heteroatoms. The fourth-order valence-electron chi connectivity index (χ4n) is 5.31. The van der Waals surface area contributed by atoms with Gasteiger partial charge in [0.05, 0.1) is 0 Å². The maximum atomic E-state index is 12.2. The summed E-state index contributed by atoms with van der Waals surface area (Å²) in [7, 11) is 0. The van der Waals surface area contributed by atoms with Crippen LogP contribution < -0.4 is 0 Å². The van der Waals surface area contributed by atoms with E-state index in [2.05, 4.69) is 20.8 Å². The molecule has 0 N–H and O–H groups in total. The Bertz CT molecular complexity index is 343. The monoisotopic (exact) mass is 234 g/mol. The predicted molar refractivity (Wildman–Crippen MR) is 69.7 cm³/mol. The third kappa shape index (κ3) is 1.40. The minimum absolute atomic E-state index is 0.415. The molecule has 0 saturated heterocycles. The van der Waals surface area contributed by atoms with Gasteiger partial charge in [-0.25, -0.2) is 0 Å². The van der Waals surface area contributed by atoms with Gasteiger partial charge in [0.25, 0.3) is 0 Å². The third-order valence-corrected chi connectivity index (χ3v) is 6.95. The van der Waals surface area contributed by atoms with Crippen LogP contribution >= 0.6 is 0 Å². The van der Waals surface area contributed by atoms with Crippen molar-refractivity contribution in [1.29, 1.82) is 0 Å². The summed E-state index contributed by atoms with van der Waals surface area (Å²) >= 11 is 0. The van der Waals surface area contributed by atoms with Gasteiger partial charge in [0.15, 0.2) is 0 Å². The van der Waals surface area contributed by atoms with Crippen molar-refractivity contribution >= 4 is 5.78 Å². The molecule has 0 aliphatic heterocycles.